The Morgan fingerprint density at radius 3 is 2.91 bits per heavy atom. The van der Waals surface area contributed by atoms with Crippen molar-refractivity contribution in [2.45, 2.75) is 26.7 Å². The van der Waals surface area contributed by atoms with Crippen LogP contribution in [-0.4, -0.2) is 43.0 Å². The minimum Gasteiger partial charge on any atom is -0.466 e. The van der Waals surface area contributed by atoms with Crippen LogP contribution in [0.1, 0.15) is 25.3 Å². The molecule has 0 spiro atoms. The first-order chi connectivity index (χ1) is 11.0. The number of piperidine rings is 1. The average molecular weight is 322 g/mol. The van der Waals surface area contributed by atoms with Crippen molar-refractivity contribution in [2.75, 3.05) is 31.6 Å². The van der Waals surface area contributed by atoms with Gasteiger partial charge in [-0.3, -0.25) is 14.5 Å². The first-order valence-corrected chi connectivity index (χ1v) is 7.94. The molecular formula is C17H23FN2O3. The molecule has 1 aromatic carbocycles. The molecule has 1 aromatic rings. The van der Waals surface area contributed by atoms with Crippen molar-refractivity contribution in [3.8, 4) is 0 Å². The Bertz CT molecular complexity index is 577. The minimum absolute atomic E-state index is 0.173. The number of carbonyl (C=O) groups excluding carboxylic acids is 2. The number of nitrogens with one attached hydrogen (secondary N) is 1. The van der Waals surface area contributed by atoms with Crippen molar-refractivity contribution in [2.24, 2.45) is 5.92 Å². The summed E-state index contributed by atoms with van der Waals surface area (Å²) >= 11 is 0. The summed E-state index contributed by atoms with van der Waals surface area (Å²) < 4.78 is 18.5. The Morgan fingerprint density at radius 1 is 1.43 bits per heavy atom. The zero-order valence-corrected chi connectivity index (χ0v) is 13.6. The smallest absolute Gasteiger partial charge is 0.310 e. The second kappa shape index (κ2) is 8.06. The van der Waals surface area contributed by atoms with Gasteiger partial charge in [-0.1, -0.05) is 6.07 Å². The largest absolute Gasteiger partial charge is 0.466 e. The quantitative estimate of drug-likeness (QED) is 0.846. The second-order valence-corrected chi connectivity index (χ2v) is 5.84. The highest BCUT2D eigenvalue weighted by Gasteiger charge is 2.27. The number of esters is 1. The molecule has 2 rings (SSSR count). The fourth-order valence-electron chi connectivity index (χ4n) is 2.73. The molecule has 5 nitrogen and oxygen atoms in total. The van der Waals surface area contributed by atoms with Crippen molar-refractivity contribution in [1.29, 1.82) is 0 Å². The van der Waals surface area contributed by atoms with Crippen LogP contribution in [0.15, 0.2) is 18.2 Å². The minimum atomic E-state index is -0.344. The van der Waals surface area contributed by atoms with Crippen LogP contribution >= 0.6 is 0 Å². The third kappa shape index (κ3) is 5.03. The molecule has 23 heavy (non-hydrogen) atoms. The maximum Gasteiger partial charge on any atom is 0.310 e. The summed E-state index contributed by atoms with van der Waals surface area (Å²) in [5.41, 5.74) is 0.980. The third-order valence-corrected chi connectivity index (χ3v) is 3.95. The molecule has 1 saturated heterocycles. The van der Waals surface area contributed by atoms with Gasteiger partial charge in [0, 0.05) is 12.2 Å². The Balaban J connectivity index is 1.86. The number of carbonyl (C=O) groups is 2. The molecule has 0 aliphatic carbocycles. The molecule has 1 fully saturated rings. The van der Waals surface area contributed by atoms with Crippen LogP contribution in [0.4, 0.5) is 10.1 Å². The Labute approximate surface area is 135 Å². The van der Waals surface area contributed by atoms with Crippen molar-refractivity contribution in [3.05, 3.63) is 29.6 Å². The lowest BCUT2D eigenvalue weighted by atomic mass is 9.98. The lowest BCUT2D eigenvalue weighted by Gasteiger charge is -2.30. The number of nitrogens with zero attached hydrogens (tertiary/aromatic N) is 1. The van der Waals surface area contributed by atoms with Gasteiger partial charge in [0.25, 0.3) is 0 Å². The van der Waals surface area contributed by atoms with Gasteiger partial charge in [0.1, 0.15) is 5.82 Å². The molecule has 1 aliphatic heterocycles. The third-order valence-electron chi connectivity index (χ3n) is 3.95. The molecule has 0 saturated carbocycles. The van der Waals surface area contributed by atoms with E-state index in [1.807, 2.05) is 4.90 Å². The van der Waals surface area contributed by atoms with Gasteiger partial charge in [-0.25, -0.2) is 4.39 Å². The van der Waals surface area contributed by atoms with Crippen LogP contribution in [-0.2, 0) is 14.3 Å². The van der Waals surface area contributed by atoms with E-state index in [1.165, 1.54) is 6.07 Å². The molecule has 0 radical (unpaired) electrons. The number of anilines is 1. The van der Waals surface area contributed by atoms with Gasteiger partial charge in [0.15, 0.2) is 0 Å². The second-order valence-electron chi connectivity index (χ2n) is 5.84. The Hall–Kier alpha value is -1.95. The fraction of sp³-hybridized carbons (Fsp3) is 0.529. The van der Waals surface area contributed by atoms with Crippen molar-refractivity contribution < 1.29 is 18.7 Å². The van der Waals surface area contributed by atoms with E-state index in [-0.39, 0.29) is 30.2 Å². The van der Waals surface area contributed by atoms with Crippen molar-refractivity contribution >= 4 is 17.6 Å². The van der Waals surface area contributed by atoms with Gasteiger partial charge >= 0.3 is 5.97 Å². The van der Waals surface area contributed by atoms with E-state index in [0.717, 1.165) is 19.4 Å². The maximum atomic E-state index is 13.5. The van der Waals surface area contributed by atoms with Crippen molar-refractivity contribution in [1.82, 2.24) is 4.90 Å². The summed E-state index contributed by atoms with van der Waals surface area (Å²) in [5, 5.41) is 2.69. The number of amides is 1. The number of halogens is 1. The van der Waals surface area contributed by atoms with Gasteiger partial charge in [-0.2, -0.15) is 0 Å². The van der Waals surface area contributed by atoms with E-state index in [0.29, 0.717) is 24.4 Å². The predicted octanol–water partition coefficient (Wildman–Crippen LogP) is 2.35. The Kier molecular flexibility index (Phi) is 6.10. The fourth-order valence-corrected chi connectivity index (χ4v) is 2.73. The first kappa shape index (κ1) is 17.4. The molecule has 1 amide bonds. The number of hydrogen-bond donors (Lipinski definition) is 1. The summed E-state index contributed by atoms with van der Waals surface area (Å²) in [4.78, 5) is 25.8. The van der Waals surface area contributed by atoms with Gasteiger partial charge in [0.05, 0.1) is 19.1 Å². The van der Waals surface area contributed by atoms with Crippen LogP contribution in [0.25, 0.3) is 0 Å². The molecule has 1 heterocycles. The number of benzene rings is 1. The van der Waals surface area contributed by atoms with Crippen LogP contribution in [0.3, 0.4) is 0 Å². The average Bonchev–Trinajstić information content (AvgIpc) is 2.51. The van der Waals surface area contributed by atoms with E-state index >= 15 is 0 Å². The Morgan fingerprint density at radius 2 is 2.22 bits per heavy atom. The standard InChI is InChI=1S/C17H23FN2O3/c1-3-23-17(22)13-5-4-8-20(10-13)11-16(21)19-14-7-6-12(2)15(18)9-14/h6-7,9,13H,3-5,8,10-11H2,1-2H3,(H,19,21). The summed E-state index contributed by atoms with van der Waals surface area (Å²) in [6.07, 6.45) is 1.65. The summed E-state index contributed by atoms with van der Waals surface area (Å²) in [6.45, 7) is 5.30. The van der Waals surface area contributed by atoms with E-state index in [2.05, 4.69) is 5.32 Å². The number of likely N-dealkylation sites (tertiary alicyclic amines) is 1. The molecule has 1 atom stereocenters. The normalized spacial score (nSPS) is 18.5. The molecule has 1 aliphatic rings. The van der Waals surface area contributed by atoms with Crippen LogP contribution < -0.4 is 5.32 Å². The lowest BCUT2D eigenvalue weighted by molar-refractivity contribution is -0.150. The van der Waals surface area contributed by atoms with Crippen LogP contribution in [0.5, 0.6) is 0 Å². The van der Waals surface area contributed by atoms with E-state index in [1.54, 1.807) is 26.0 Å². The summed E-state index contributed by atoms with van der Waals surface area (Å²) in [7, 11) is 0. The molecule has 0 bridgehead atoms. The zero-order chi connectivity index (χ0) is 16.8. The van der Waals surface area contributed by atoms with Gasteiger partial charge in [-0.15, -0.1) is 0 Å². The molecule has 0 aromatic heterocycles. The molecule has 6 heteroatoms. The summed E-state index contributed by atoms with van der Waals surface area (Å²) in [5.74, 6) is -0.924. The topological polar surface area (TPSA) is 58.6 Å². The number of aryl methyl sites for hydroxylation is 1. The highest BCUT2D eigenvalue weighted by atomic mass is 19.1. The SMILES string of the molecule is CCOC(=O)C1CCCN(CC(=O)Nc2ccc(C)c(F)c2)C1. The first-order valence-electron chi connectivity index (χ1n) is 7.94. The van der Waals surface area contributed by atoms with Gasteiger partial charge < -0.3 is 10.1 Å². The van der Waals surface area contributed by atoms with E-state index in [4.69, 9.17) is 4.74 Å². The summed E-state index contributed by atoms with van der Waals surface area (Å²) in [6, 6.07) is 4.61. The van der Waals surface area contributed by atoms with Crippen LogP contribution in [0, 0.1) is 18.7 Å². The molecule has 1 N–H and O–H groups in total. The predicted molar refractivity (Wildman–Crippen MR) is 85.6 cm³/mol. The zero-order valence-electron chi connectivity index (χ0n) is 13.6. The van der Waals surface area contributed by atoms with Gasteiger partial charge in [-0.05, 0) is 50.9 Å². The number of rotatable bonds is 5. The number of ether oxygens (including phenoxy) is 1. The van der Waals surface area contributed by atoms with Gasteiger partial charge in [0.2, 0.25) is 5.91 Å². The number of hydrogen-bond acceptors (Lipinski definition) is 4. The molecule has 1 unspecified atom stereocenters. The highest BCUT2D eigenvalue weighted by molar-refractivity contribution is 5.92. The van der Waals surface area contributed by atoms with Crippen molar-refractivity contribution in [3.63, 3.8) is 0 Å². The lowest BCUT2D eigenvalue weighted by Crippen LogP contribution is -2.43. The molecular weight excluding hydrogens is 299 g/mol. The molecule has 126 valence electrons. The van der Waals surface area contributed by atoms with E-state index in [9.17, 15) is 14.0 Å². The van der Waals surface area contributed by atoms with Crippen LogP contribution in [0.2, 0.25) is 0 Å². The maximum absolute atomic E-state index is 13.5. The van der Waals surface area contributed by atoms with E-state index < -0.39 is 0 Å². The monoisotopic (exact) mass is 322 g/mol. The highest BCUT2D eigenvalue weighted by Crippen LogP contribution is 2.18.